The van der Waals surface area contributed by atoms with E-state index < -0.39 is 0 Å². The van der Waals surface area contributed by atoms with E-state index in [4.69, 9.17) is 23.2 Å². The second-order valence-corrected chi connectivity index (χ2v) is 6.26. The van der Waals surface area contributed by atoms with Crippen LogP contribution in [0.4, 0.5) is 16.2 Å². The van der Waals surface area contributed by atoms with E-state index in [1.807, 2.05) is 26.0 Å². The molecule has 0 aliphatic heterocycles. The van der Waals surface area contributed by atoms with Crippen molar-refractivity contribution < 1.29 is 4.79 Å². The normalized spacial score (nSPS) is 10.3. The van der Waals surface area contributed by atoms with E-state index in [0.29, 0.717) is 21.4 Å². The van der Waals surface area contributed by atoms with E-state index in [1.165, 1.54) is 0 Å². The molecule has 0 atom stereocenters. The number of hydrogen-bond acceptors (Lipinski definition) is 1. The number of hydrogen-bond donors (Lipinski definition) is 2. The molecule has 0 radical (unpaired) electrons. The lowest BCUT2D eigenvalue weighted by Crippen LogP contribution is -2.19. The number of urea groups is 1. The Morgan fingerprint density at radius 2 is 1.67 bits per heavy atom. The van der Waals surface area contributed by atoms with Crippen molar-refractivity contribution in [3.63, 3.8) is 0 Å². The van der Waals surface area contributed by atoms with Crippen LogP contribution < -0.4 is 10.6 Å². The molecule has 0 saturated carbocycles. The van der Waals surface area contributed by atoms with Gasteiger partial charge in [-0.2, -0.15) is 0 Å². The highest BCUT2D eigenvalue weighted by molar-refractivity contribution is 9.10. The summed E-state index contributed by atoms with van der Waals surface area (Å²) in [5, 5.41) is 6.38. The molecule has 2 rings (SSSR count). The summed E-state index contributed by atoms with van der Waals surface area (Å²) in [7, 11) is 0. The van der Waals surface area contributed by atoms with Crippen molar-refractivity contribution in [2.75, 3.05) is 10.6 Å². The molecule has 2 aromatic carbocycles. The standard InChI is InChI=1S/C15H13BrCl2N2O/c1-8-5-11(6-9(2)14(8)16)19-15(21)20-13-7-10(17)3-4-12(13)18/h3-7H,1-2H3,(H2,19,20,21). The topological polar surface area (TPSA) is 41.1 Å². The first kappa shape index (κ1) is 16.1. The molecule has 0 fully saturated rings. The molecule has 2 N–H and O–H groups in total. The van der Waals surface area contributed by atoms with Gasteiger partial charge in [0, 0.05) is 15.2 Å². The van der Waals surface area contributed by atoms with Crippen LogP contribution >= 0.6 is 39.1 Å². The van der Waals surface area contributed by atoms with Crippen LogP contribution in [-0.2, 0) is 0 Å². The quantitative estimate of drug-likeness (QED) is 0.650. The Morgan fingerprint density at radius 1 is 1.05 bits per heavy atom. The molecule has 0 aliphatic carbocycles. The van der Waals surface area contributed by atoms with Gasteiger partial charge in [0.05, 0.1) is 10.7 Å². The van der Waals surface area contributed by atoms with Crippen LogP contribution in [0.25, 0.3) is 0 Å². The van der Waals surface area contributed by atoms with Crippen molar-refractivity contribution in [2.45, 2.75) is 13.8 Å². The van der Waals surface area contributed by atoms with E-state index in [2.05, 4.69) is 26.6 Å². The van der Waals surface area contributed by atoms with Gasteiger partial charge < -0.3 is 10.6 Å². The Hall–Kier alpha value is -1.23. The fourth-order valence-corrected chi connectivity index (χ4v) is 2.46. The van der Waals surface area contributed by atoms with Gasteiger partial charge in [-0.25, -0.2) is 4.79 Å². The van der Waals surface area contributed by atoms with Gasteiger partial charge in [-0.05, 0) is 55.3 Å². The van der Waals surface area contributed by atoms with Crippen molar-refractivity contribution in [3.8, 4) is 0 Å². The zero-order valence-electron chi connectivity index (χ0n) is 11.4. The molecule has 0 spiro atoms. The van der Waals surface area contributed by atoms with Crippen molar-refractivity contribution in [2.24, 2.45) is 0 Å². The van der Waals surface area contributed by atoms with Crippen LogP contribution in [-0.4, -0.2) is 6.03 Å². The van der Waals surface area contributed by atoms with E-state index in [0.717, 1.165) is 15.6 Å². The van der Waals surface area contributed by atoms with Crippen molar-refractivity contribution in [3.05, 3.63) is 56.0 Å². The van der Waals surface area contributed by atoms with Gasteiger partial charge >= 0.3 is 6.03 Å². The number of carbonyl (C=O) groups is 1. The third-order valence-corrected chi connectivity index (χ3v) is 4.69. The maximum atomic E-state index is 12.0. The van der Waals surface area contributed by atoms with Crippen molar-refractivity contribution in [1.29, 1.82) is 0 Å². The highest BCUT2D eigenvalue weighted by Crippen LogP contribution is 2.27. The molecule has 2 amide bonds. The molecule has 0 heterocycles. The molecular weight excluding hydrogens is 375 g/mol. The first-order valence-corrected chi connectivity index (χ1v) is 7.71. The zero-order chi connectivity index (χ0) is 15.6. The second-order valence-electron chi connectivity index (χ2n) is 4.63. The average molecular weight is 388 g/mol. The number of anilines is 2. The first-order chi connectivity index (χ1) is 9.86. The molecule has 2 aromatic rings. The highest BCUT2D eigenvalue weighted by Gasteiger charge is 2.08. The van der Waals surface area contributed by atoms with Gasteiger partial charge in [-0.1, -0.05) is 39.1 Å². The Bertz CT molecular complexity index is 681. The van der Waals surface area contributed by atoms with Crippen LogP contribution in [0.1, 0.15) is 11.1 Å². The predicted molar refractivity (Wildman–Crippen MR) is 92.7 cm³/mol. The summed E-state index contributed by atoms with van der Waals surface area (Å²) < 4.78 is 1.03. The van der Waals surface area contributed by atoms with E-state index in [1.54, 1.807) is 18.2 Å². The lowest BCUT2D eigenvalue weighted by Gasteiger charge is -2.11. The minimum atomic E-state index is -0.375. The Balaban J connectivity index is 2.13. The third kappa shape index (κ3) is 4.13. The van der Waals surface area contributed by atoms with E-state index in [9.17, 15) is 4.79 Å². The van der Waals surface area contributed by atoms with Crippen LogP contribution in [0, 0.1) is 13.8 Å². The largest absolute Gasteiger partial charge is 0.323 e. The van der Waals surface area contributed by atoms with Crippen molar-refractivity contribution >= 4 is 56.5 Å². The molecule has 3 nitrogen and oxygen atoms in total. The highest BCUT2D eigenvalue weighted by atomic mass is 79.9. The van der Waals surface area contributed by atoms with Gasteiger partial charge in [0.2, 0.25) is 0 Å². The molecule has 0 bridgehead atoms. The molecule has 0 aliphatic rings. The summed E-state index contributed by atoms with van der Waals surface area (Å²) in [6.07, 6.45) is 0. The summed E-state index contributed by atoms with van der Waals surface area (Å²) in [5.74, 6) is 0. The van der Waals surface area contributed by atoms with Crippen LogP contribution in [0.3, 0.4) is 0 Å². The minimum absolute atomic E-state index is 0.375. The lowest BCUT2D eigenvalue weighted by molar-refractivity contribution is 0.262. The van der Waals surface area contributed by atoms with Gasteiger partial charge in [0.1, 0.15) is 0 Å². The molecule has 6 heteroatoms. The van der Waals surface area contributed by atoms with Crippen LogP contribution in [0.15, 0.2) is 34.8 Å². The summed E-state index contributed by atoms with van der Waals surface area (Å²) in [6.45, 7) is 3.93. The average Bonchev–Trinajstić information content (AvgIpc) is 2.40. The SMILES string of the molecule is Cc1cc(NC(=O)Nc2cc(Cl)ccc2Cl)cc(C)c1Br. The van der Waals surface area contributed by atoms with E-state index >= 15 is 0 Å². The summed E-state index contributed by atoms with van der Waals surface area (Å²) in [6, 6.07) is 8.29. The molecule has 21 heavy (non-hydrogen) atoms. The molecule has 0 aromatic heterocycles. The van der Waals surface area contributed by atoms with Gasteiger partial charge in [0.15, 0.2) is 0 Å². The van der Waals surface area contributed by atoms with Crippen LogP contribution in [0.5, 0.6) is 0 Å². The molecular formula is C15H13BrCl2N2O. The second kappa shape index (κ2) is 6.69. The number of halogens is 3. The van der Waals surface area contributed by atoms with Gasteiger partial charge in [0.25, 0.3) is 0 Å². The number of amides is 2. The number of rotatable bonds is 2. The zero-order valence-corrected chi connectivity index (χ0v) is 14.5. The first-order valence-electron chi connectivity index (χ1n) is 6.16. The predicted octanol–water partition coefficient (Wildman–Crippen LogP) is 6.02. The number of benzene rings is 2. The summed E-state index contributed by atoms with van der Waals surface area (Å²) >= 11 is 15.4. The Morgan fingerprint density at radius 3 is 2.29 bits per heavy atom. The third-order valence-electron chi connectivity index (χ3n) is 2.87. The number of carbonyl (C=O) groups excluding carboxylic acids is 1. The fourth-order valence-electron chi connectivity index (χ4n) is 1.90. The summed E-state index contributed by atoms with van der Waals surface area (Å²) in [4.78, 5) is 12.0. The van der Waals surface area contributed by atoms with Crippen LogP contribution in [0.2, 0.25) is 10.0 Å². The lowest BCUT2D eigenvalue weighted by atomic mass is 10.1. The number of aryl methyl sites for hydroxylation is 2. The minimum Gasteiger partial charge on any atom is -0.308 e. The van der Waals surface area contributed by atoms with Gasteiger partial charge in [-0.3, -0.25) is 0 Å². The Kier molecular flexibility index (Phi) is 5.14. The van der Waals surface area contributed by atoms with E-state index in [-0.39, 0.29) is 6.03 Å². The molecule has 0 saturated heterocycles. The molecule has 0 unspecified atom stereocenters. The van der Waals surface area contributed by atoms with Gasteiger partial charge in [-0.15, -0.1) is 0 Å². The smallest absolute Gasteiger partial charge is 0.308 e. The Labute approximate surface area is 141 Å². The molecule has 110 valence electrons. The maximum absolute atomic E-state index is 12.0. The maximum Gasteiger partial charge on any atom is 0.323 e. The van der Waals surface area contributed by atoms with Crippen molar-refractivity contribution in [1.82, 2.24) is 0 Å². The fraction of sp³-hybridized carbons (Fsp3) is 0.133. The monoisotopic (exact) mass is 386 g/mol. The summed E-state index contributed by atoms with van der Waals surface area (Å²) in [5.41, 5.74) is 3.27. The number of nitrogens with one attached hydrogen (secondary N) is 2.